The van der Waals surface area contributed by atoms with Gasteiger partial charge in [0.2, 0.25) is 0 Å². The standard InChI is InChI=1S/C14H20FNO/c1-5-16-10(4)14(17-6-2)12-11(15)8-7-9(3)13(12)16/h8-9H,5-7H2,1-4H3. The van der Waals surface area contributed by atoms with E-state index < -0.39 is 0 Å². The van der Waals surface area contributed by atoms with Crippen molar-refractivity contribution in [1.82, 2.24) is 4.57 Å². The molecule has 1 aliphatic rings. The van der Waals surface area contributed by atoms with E-state index in [2.05, 4.69) is 18.4 Å². The number of rotatable bonds is 3. The van der Waals surface area contributed by atoms with Gasteiger partial charge in [0.05, 0.1) is 17.9 Å². The lowest BCUT2D eigenvalue weighted by Crippen LogP contribution is -2.09. The van der Waals surface area contributed by atoms with E-state index in [9.17, 15) is 4.39 Å². The summed E-state index contributed by atoms with van der Waals surface area (Å²) in [6.45, 7) is 9.60. The Balaban J connectivity index is 2.67. The third kappa shape index (κ3) is 1.78. The Morgan fingerprint density at radius 1 is 1.47 bits per heavy atom. The molecule has 1 heterocycles. The number of ether oxygens (including phenoxy) is 1. The van der Waals surface area contributed by atoms with E-state index in [1.165, 1.54) is 0 Å². The number of hydrogen-bond acceptors (Lipinski definition) is 1. The molecule has 0 amide bonds. The van der Waals surface area contributed by atoms with E-state index in [-0.39, 0.29) is 5.83 Å². The summed E-state index contributed by atoms with van der Waals surface area (Å²) in [5.41, 5.74) is 2.81. The molecule has 0 bridgehead atoms. The molecule has 1 unspecified atom stereocenters. The van der Waals surface area contributed by atoms with Crippen LogP contribution in [0.4, 0.5) is 4.39 Å². The van der Waals surface area contributed by atoms with Gasteiger partial charge in [0, 0.05) is 18.2 Å². The lowest BCUT2D eigenvalue weighted by Gasteiger charge is -2.19. The van der Waals surface area contributed by atoms with Gasteiger partial charge in [0.1, 0.15) is 11.6 Å². The lowest BCUT2D eigenvalue weighted by atomic mass is 9.93. The van der Waals surface area contributed by atoms with Crippen LogP contribution in [0.1, 0.15) is 50.1 Å². The van der Waals surface area contributed by atoms with Gasteiger partial charge < -0.3 is 9.30 Å². The van der Waals surface area contributed by atoms with Crippen LogP contribution >= 0.6 is 0 Å². The molecule has 0 fully saturated rings. The molecule has 3 heteroatoms. The maximum absolute atomic E-state index is 14.0. The molecule has 94 valence electrons. The maximum atomic E-state index is 14.0. The van der Waals surface area contributed by atoms with Crippen molar-refractivity contribution in [3.63, 3.8) is 0 Å². The summed E-state index contributed by atoms with van der Waals surface area (Å²) in [6, 6.07) is 0. The Hall–Kier alpha value is -1.25. The molecular weight excluding hydrogens is 217 g/mol. The Labute approximate surface area is 102 Å². The van der Waals surface area contributed by atoms with Crippen molar-refractivity contribution in [2.24, 2.45) is 0 Å². The average Bonchev–Trinajstić information content (AvgIpc) is 2.59. The quantitative estimate of drug-likeness (QED) is 0.774. The first kappa shape index (κ1) is 12.2. The molecule has 0 saturated carbocycles. The maximum Gasteiger partial charge on any atom is 0.150 e. The largest absolute Gasteiger partial charge is 0.491 e. The first-order valence-electron chi connectivity index (χ1n) is 6.33. The minimum atomic E-state index is -0.128. The fourth-order valence-corrected chi connectivity index (χ4v) is 2.70. The Kier molecular flexibility index (Phi) is 3.27. The highest BCUT2D eigenvalue weighted by Crippen LogP contribution is 2.44. The van der Waals surface area contributed by atoms with Crippen molar-refractivity contribution >= 4 is 5.83 Å². The van der Waals surface area contributed by atoms with Gasteiger partial charge >= 0.3 is 0 Å². The van der Waals surface area contributed by atoms with Gasteiger partial charge in [-0.2, -0.15) is 0 Å². The van der Waals surface area contributed by atoms with Crippen LogP contribution in [0.15, 0.2) is 6.08 Å². The van der Waals surface area contributed by atoms with Gasteiger partial charge in [-0.15, -0.1) is 0 Å². The van der Waals surface area contributed by atoms with Crippen LogP contribution in [-0.2, 0) is 6.54 Å². The summed E-state index contributed by atoms with van der Waals surface area (Å²) >= 11 is 0. The van der Waals surface area contributed by atoms with Gasteiger partial charge in [0.25, 0.3) is 0 Å². The zero-order chi connectivity index (χ0) is 12.6. The van der Waals surface area contributed by atoms with Crippen LogP contribution in [-0.4, -0.2) is 11.2 Å². The predicted molar refractivity (Wildman–Crippen MR) is 68.1 cm³/mol. The second-order valence-electron chi connectivity index (χ2n) is 4.54. The zero-order valence-electron chi connectivity index (χ0n) is 11.0. The van der Waals surface area contributed by atoms with Crippen LogP contribution in [0.25, 0.3) is 5.83 Å². The minimum Gasteiger partial charge on any atom is -0.491 e. The molecule has 1 aliphatic carbocycles. The van der Waals surface area contributed by atoms with Crippen molar-refractivity contribution < 1.29 is 9.13 Å². The minimum absolute atomic E-state index is 0.128. The molecule has 2 nitrogen and oxygen atoms in total. The predicted octanol–water partition coefficient (Wildman–Crippen LogP) is 4.03. The van der Waals surface area contributed by atoms with E-state index in [1.54, 1.807) is 6.08 Å². The fraction of sp³-hybridized carbons (Fsp3) is 0.571. The lowest BCUT2D eigenvalue weighted by molar-refractivity contribution is 0.335. The molecule has 0 radical (unpaired) electrons. The number of hydrogen-bond donors (Lipinski definition) is 0. The Bertz CT molecular complexity index is 459. The molecule has 0 aliphatic heterocycles. The molecule has 0 spiro atoms. The zero-order valence-corrected chi connectivity index (χ0v) is 11.0. The van der Waals surface area contributed by atoms with Crippen LogP contribution in [0.5, 0.6) is 5.75 Å². The Morgan fingerprint density at radius 3 is 2.76 bits per heavy atom. The van der Waals surface area contributed by atoms with E-state index >= 15 is 0 Å². The van der Waals surface area contributed by atoms with E-state index in [0.717, 1.165) is 30.1 Å². The first-order chi connectivity index (χ1) is 8.11. The van der Waals surface area contributed by atoms with Crippen LogP contribution in [0.2, 0.25) is 0 Å². The summed E-state index contributed by atoms with van der Waals surface area (Å²) < 4.78 is 21.8. The van der Waals surface area contributed by atoms with Crippen LogP contribution in [0.3, 0.4) is 0 Å². The van der Waals surface area contributed by atoms with Crippen LogP contribution in [0, 0.1) is 6.92 Å². The number of allylic oxidation sites excluding steroid dienone is 1. The number of aromatic nitrogens is 1. The van der Waals surface area contributed by atoms with Gasteiger partial charge in [-0.3, -0.25) is 0 Å². The summed E-state index contributed by atoms with van der Waals surface area (Å²) in [4.78, 5) is 0. The van der Waals surface area contributed by atoms with Crippen molar-refractivity contribution in [3.8, 4) is 5.75 Å². The molecule has 1 atom stereocenters. The summed E-state index contributed by atoms with van der Waals surface area (Å²) in [5, 5.41) is 0. The number of nitrogens with zero attached hydrogens (tertiary/aromatic N) is 1. The second kappa shape index (κ2) is 4.55. The average molecular weight is 237 g/mol. The topological polar surface area (TPSA) is 14.2 Å². The molecule has 1 aromatic rings. The second-order valence-corrected chi connectivity index (χ2v) is 4.54. The molecule has 0 N–H and O–H groups in total. The Morgan fingerprint density at radius 2 is 2.18 bits per heavy atom. The monoisotopic (exact) mass is 237 g/mol. The van der Waals surface area contributed by atoms with E-state index in [1.807, 2.05) is 13.8 Å². The first-order valence-corrected chi connectivity index (χ1v) is 6.33. The third-order valence-corrected chi connectivity index (χ3v) is 3.47. The van der Waals surface area contributed by atoms with Gasteiger partial charge in [-0.05, 0) is 33.3 Å². The highest BCUT2D eigenvalue weighted by Gasteiger charge is 2.29. The summed E-state index contributed by atoms with van der Waals surface area (Å²) in [5.74, 6) is 0.957. The van der Waals surface area contributed by atoms with Crippen molar-refractivity contribution in [2.75, 3.05) is 6.61 Å². The number of fused-ring (bicyclic) bond motifs is 1. The number of halogens is 1. The van der Waals surface area contributed by atoms with Crippen LogP contribution < -0.4 is 4.74 Å². The summed E-state index contributed by atoms with van der Waals surface area (Å²) in [7, 11) is 0. The van der Waals surface area contributed by atoms with Crippen molar-refractivity contribution in [1.29, 1.82) is 0 Å². The van der Waals surface area contributed by atoms with E-state index in [4.69, 9.17) is 4.74 Å². The molecule has 1 aromatic heterocycles. The molecular formula is C14H20FNO. The molecule has 0 aromatic carbocycles. The van der Waals surface area contributed by atoms with Crippen molar-refractivity contribution in [3.05, 3.63) is 23.0 Å². The molecule has 2 rings (SSSR count). The van der Waals surface area contributed by atoms with Gasteiger partial charge in [0.15, 0.2) is 0 Å². The van der Waals surface area contributed by atoms with Gasteiger partial charge in [-0.25, -0.2) is 4.39 Å². The fourth-order valence-electron chi connectivity index (χ4n) is 2.70. The highest BCUT2D eigenvalue weighted by molar-refractivity contribution is 5.72. The van der Waals surface area contributed by atoms with E-state index in [0.29, 0.717) is 18.1 Å². The normalized spacial score (nSPS) is 18.9. The van der Waals surface area contributed by atoms with Crippen molar-refractivity contribution in [2.45, 2.75) is 46.6 Å². The van der Waals surface area contributed by atoms with Gasteiger partial charge in [-0.1, -0.05) is 6.92 Å². The smallest absolute Gasteiger partial charge is 0.150 e. The summed E-state index contributed by atoms with van der Waals surface area (Å²) in [6.07, 6.45) is 2.45. The highest BCUT2D eigenvalue weighted by atomic mass is 19.1. The SMILES string of the molecule is CCOc1c2c(n(CC)c1C)C(C)CC=C2F. The molecule has 17 heavy (non-hydrogen) atoms. The molecule has 0 saturated heterocycles. The third-order valence-electron chi connectivity index (χ3n) is 3.47.